The molecule has 30 nitrogen and oxygen atoms in total. The van der Waals surface area contributed by atoms with E-state index < -0.39 is 15.9 Å². The Balaban J connectivity index is 0.000000178. The van der Waals surface area contributed by atoms with E-state index >= 15 is 0 Å². The van der Waals surface area contributed by atoms with Gasteiger partial charge >= 0.3 is 6.03 Å². The number of nitro groups is 3. The van der Waals surface area contributed by atoms with Crippen LogP contribution in [-0.4, -0.2) is 166 Å². The number of nitrogens with two attached hydrogens (primary N) is 1. The Hall–Kier alpha value is -12.5. The highest BCUT2D eigenvalue weighted by Gasteiger charge is 2.35. The van der Waals surface area contributed by atoms with Gasteiger partial charge in [-0.1, -0.05) is 30.3 Å². The van der Waals surface area contributed by atoms with E-state index in [0.717, 1.165) is 95.4 Å². The maximum absolute atomic E-state index is 11.5. The number of primary amides is 1. The smallest absolute Gasteiger partial charge is 0.332 e. The second kappa shape index (κ2) is 37.7. The van der Waals surface area contributed by atoms with E-state index in [-0.39, 0.29) is 52.0 Å². The van der Waals surface area contributed by atoms with Crippen LogP contribution in [-0.2, 0) is 57.7 Å². The minimum atomic E-state index is -0.786. The molecule has 1 aromatic heterocycles. The van der Waals surface area contributed by atoms with Gasteiger partial charge in [0.15, 0.2) is 0 Å². The van der Waals surface area contributed by atoms with Crippen LogP contribution < -0.4 is 69.9 Å². The molecule has 6 amide bonds. The number of hydrogen-bond acceptors (Lipinski definition) is 20. The Labute approximate surface area is 635 Å². The molecule has 6 heterocycles. The summed E-state index contributed by atoms with van der Waals surface area (Å²) >= 11 is 0. The van der Waals surface area contributed by atoms with Crippen molar-refractivity contribution < 1.29 is 53.0 Å². The van der Waals surface area contributed by atoms with Crippen LogP contribution in [0.2, 0.25) is 0 Å². The van der Waals surface area contributed by atoms with Crippen molar-refractivity contribution in [1.29, 1.82) is 0 Å². The Kier molecular flexibility index (Phi) is 28.9. The summed E-state index contributed by atoms with van der Waals surface area (Å²) in [5.41, 5.74) is 25.4. The lowest BCUT2D eigenvalue weighted by Gasteiger charge is -2.19. The third kappa shape index (κ3) is 19.8. The third-order valence-corrected chi connectivity index (χ3v) is 18.8. The number of aromatic amines is 1. The number of urea groups is 1. The van der Waals surface area contributed by atoms with E-state index in [4.69, 9.17) is 19.9 Å². The molecule has 0 spiro atoms. The van der Waals surface area contributed by atoms with Crippen LogP contribution >= 0.6 is 0 Å². The largest absolute Gasteiger partial charge is 0.496 e. The van der Waals surface area contributed by atoms with Crippen molar-refractivity contribution >= 4 is 115 Å². The van der Waals surface area contributed by atoms with Gasteiger partial charge in [0.05, 0.1) is 47.4 Å². The van der Waals surface area contributed by atoms with Gasteiger partial charge in [-0.25, -0.2) is 10.2 Å². The maximum Gasteiger partial charge on any atom is 0.332 e. The molecule has 30 heteroatoms. The van der Waals surface area contributed by atoms with Crippen molar-refractivity contribution in [3.05, 3.63) is 190 Å². The number of amides is 6. The molecule has 109 heavy (non-hydrogen) atoms. The number of methoxy groups -OCH3 is 3. The van der Waals surface area contributed by atoms with Crippen LogP contribution in [0, 0.1) is 51.1 Å². The summed E-state index contributed by atoms with van der Waals surface area (Å²) in [7, 11) is 20.3. The molecule has 5 N–H and O–H groups in total. The molecule has 0 saturated heterocycles. The topological polar surface area (TPSA) is 347 Å². The number of benzene rings is 7. The summed E-state index contributed by atoms with van der Waals surface area (Å²) in [5, 5.41) is 41.3. The van der Waals surface area contributed by atoms with Gasteiger partial charge in [-0.3, -0.25) is 49.5 Å². The number of aromatic nitrogens is 1. The van der Waals surface area contributed by atoms with Gasteiger partial charge < -0.3 is 69.4 Å². The Bertz CT molecular complexity index is 4720. The number of hydrazone groups is 1. The van der Waals surface area contributed by atoms with Crippen molar-refractivity contribution in [3.63, 3.8) is 0 Å². The number of fused-ring (bicyclic) bond motifs is 6. The van der Waals surface area contributed by atoms with Gasteiger partial charge in [0, 0.05) is 227 Å². The zero-order chi connectivity index (χ0) is 80.4. The van der Waals surface area contributed by atoms with E-state index in [1.54, 1.807) is 101 Å². The van der Waals surface area contributed by atoms with Crippen LogP contribution in [0.1, 0.15) is 77.8 Å². The van der Waals surface area contributed by atoms with Gasteiger partial charge in [-0.15, -0.1) is 0 Å². The average Bonchev–Trinajstić information content (AvgIpc) is 1.65. The summed E-state index contributed by atoms with van der Waals surface area (Å²) in [6, 6.07) is 31.4. The summed E-state index contributed by atoms with van der Waals surface area (Å²) in [5.74, 6) is 2.62. The molecule has 13 rings (SSSR count). The minimum absolute atomic E-state index is 0.0109. The molecule has 8 aromatic rings. The lowest BCUT2D eigenvalue weighted by Crippen LogP contribution is -2.26. The number of carbonyl (C=O) groups excluding carboxylic acids is 5. The van der Waals surface area contributed by atoms with Crippen LogP contribution in [0.25, 0.3) is 10.9 Å². The first kappa shape index (κ1) is 83.8. The number of nitrogens with one attached hydrogen (secondary N) is 3. The summed E-state index contributed by atoms with van der Waals surface area (Å²) in [6.07, 6.45) is 7.72. The first-order valence-electron chi connectivity index (χ1n) is 35.3. The fourth-order valence-electron chi connectivity index (χ4n) is 14.1. The Morgan fingerprint density at radius 3 is 1.52 bits per heavy atom. The molecule has 0 radical (unpaired) electrons. The summed E-state index contributed by atoms with van der Waals surface area (Å²) in [6.45, 7) is 15.7. The Morgan fingerprint density at radius 2 is 0.982 bits per heavy atom. The summed E-state index contributed by atoms with van der Waals surface area (Å²) in [4.78, 5) is 106. The zero-order valence-corrected chi connectivity index (χ0v) is 65.4. The molecular weight excluding hydrogens is 1400 g/mol. The normalized spacial score (nSPS) is 12.8. The number of anilines is 9. The third-order valence-electron chi connectivity index (χ3n) is 18.8. The van der Waals surface area contributed by atoms with Crippen molar-refractivity contribution in [2.75, 3.05) is 155 Å². The van der Waals surface area contributed by atoms with Gasteiger partial charge in [0.2, 0.25) is 23.6 Å². The van der Waals surface area contributed by atoms with E-state index in [1.807, 2.05) is 61.8 Å². The Morgan fingerprint density at radius 1 is 0.514 bits per heavy atom. The molecule has 5 aliphatic heterocycles. The van der Waals surface area contributed by atoms with Crippen LogP contribution in [0.3, 0.4) is 0 Å². The molecule has 580 valence electrons. The maximum atomic E-state index is 11.5. The van der Waals surface area contributed by atoms with Gasteiger partial charge in [0.25, 0.3) is 17.1 Å². The number of nitrogens with zero attached hydrogens (tertiary/aromatic N) is 12. The highest BCUT2D eigenvalue weighted by Crippen LogP contribution is 2.46. The standard InChI is InChI=1S/C12H15N3O3.C12H14N2O4.C12H16N2O.C12H15NO2.C11H15N5O3.C10H12N2.C10H13NO/c1-8(16)14-7-6-9-10(14)4-5-11(15(17)18)12(9)13(2)3;1-7-6-10(14(16)17)11-9(12(7)18-3)4-5-13(11)8(2)15;1-9(15)14-8-7-10-11(13(2)3)5-4-6-12(10)14;1-8-4-5-11-10(12(8)15-3)6-7-13(11)9(2)14;1-15(2)9-4-3-5-10(16(18)19)8(9)6-7-13-14-11(12)17;1-12(2)10-5-3-4-9-8(10)6-7-11-9;1-7-3-4-9-8(5-6-11-9)10(7)12-2/h4-5H,6-7H2,1-3H3;6H,4-5H2,1-3H3;4-6H,7-8H2,1-3H3;4-5H,6-7H2,1-3H3;3-5,7H,6H2,1-2H3,(H3,12,14,17);3-7,11H,1-2H3;3-4,11H,5-6H2,1-2H3/b;;;;13-7+;;. The molecule has 0 atom stereocenters. The van der Waals surface area contributed by atoms with E-state index in [2.05, 4.69) is 88.7 Å². The fourth-order valence-corrected chi connectivity index (χ4v) is 14.1. The van der Waals surface area contributed by atoms with Crippen LogP contribution in [0.15, 0.2) is 114 Å². The lowest BCUT2D eigenvalue weighted by molar-refractivity contribution is -0.385. The lowest BCUT2D eigenvalue weighted by atomic mass is 10.1. The van der Waals surface area contributed by atoms with Crippen molar-refractivity contribution in [1.82, 2.24) is 10.4 Å². The van der Waals surface area contributed by atoms with Gasteiger partial charge in [0.1, 0.15) is 28.6 Å². The number of carbonyl (C=O) groups is 5. The van der Waals surface area contributed by atoms with Gasteiger partial charge in [-0.05, 0) is 124 Å². The molecule has 7 aromatic carbocycles. The van der Waals surface area contributed by atoms with E-state index in [0.29, 0.717) is 54.2 Å². The predicted octanol–water partition coefficient (Wildman–Crippen LogP) is 12.0. The highest BCUT2D eigenvalue weighted by atomic mass is 16.6. The molecular formula is C79H100N16O14. The second-order valence-electron chi connectivity index (χ2n) is 26.8. The number of ether oxygens (including phenoxy) is 3. The van der Waals surface area contributed by atoms with Crippen molar-refractivity contribution in [3.8, 4) is 17.2 Å². The monoisotopic (exact) mass is 1500 g/mol. The molecule has 0 fully saturated rings. The van der Waals surface area contributed by atoms with Crippen molar-refractivity contribution in [2.24, 2.45) is 10.8 Å². The molecule has 0 aliphatic carbocycles. The SMILES string of the molecule is CC(=O)N1CCc2c(N(C)C)cccc21.CC(=O)N1CCc2c1ccc([N+](=O)[O-])c2N(C)C.CN(C)c1cccc([N+](=O)[O-])c1C/C=N/NC(N)=O.CN(C)c1cccc2[nH]ccc12.COc1c(C)cc([N+](=O)[O-])c2c1CCN2C(C)=O.COc1c(C)ccc2c1CCN2.COc1c(C)ccc2c1CCN2C(C)=O. The van der Waals surface area contributed by atoms with Crippen molar-refractivity contribution in [2.45, 2.75) is 87.0 Å². The first-order valence-corrected chi connectivity index (χ1v) is 35.3. The molecule has 0 bridgehead atoms. The quantitative estimate of drug-likeness (QED) is 0.0473. The first-order chi connectivity index (χ1) is 51.7. The minimum Gasteiger partial charge on any atom is -0.496 e. The predicted molar refractivity (Wildman–Crippen MR) is 432 cm³/mol. The number of nitro benzene ring substituents is 3. The number of hydrogen-bond donors (Lipinski definition) is 4. The fraction of sp³-hybridized carbons (Fsp3) is 0.367. The molecule has 5 aliphatic rings. The van der Waals surface area contributed by atoms with Gasteiger partial charge in [-0.2, -0.15) is 5.10 Å². The number of aryl methyl sites for hydroxylation is 3. The summed E-state index contributed by atoms with van der Waals surface area (Å²) < 4.78 is 16.0. The van der Waals surface area contributed by atoms with Crippen LogP contribution in [0.5, 0.6) is 17.2 Å². The van der Waals surface area contributed by atoms with E-state index in [9.17, 15) is 54.3 Å². The zero-order valence-electron chi connectivity index (χ0n) is 65.4. The number of H-pyrrole nitrogens is 1. The van der Waals surface area contributed by atoms with E-state index in [1.165, 1.54) is 94.9 Å². The number of rotatable bonds is 13. The highest BCUT2D eigenvalue weighted by molar-refractivity contribution is 5.99. The molecule has 0 saturated carbocycles. The second-order valence-corrected chi connectivity index (χ2v) is 26.8. The average molecular weight is 1500 g/mol. The van der Waals surface area contributed by atoms with Crippen LogP contribution in [0.4, 0.5) is 73.0 Å². The molecule has 0 unspecified atom stereocenters.